The average molecular weight is 654 g/mol. The average Bonchev–Trinajstić information content (AvgIpc) is 3.70. The van der Waals surface area contributed by atoms with Crippen molar-refractivity contribution < 1.29 is 44.3 Å². The number of nitrogens with two attached hydrogens (primary N) is 2. The number of aromatic amines is 1. The Bertz CT molecular complexity index is 1680. The van der Waals surface area contributed by atoms with Gasteiger partial charge in [-0.2, -0.15) is 0 Å². The monoisotopic (exact) mass is 653 g/mol. The van der Waals surface area contributed by atoms with Crippen molar-refractivity contribution in [3.05, 3.63) is 47.5 Å². The molecule has 11 N–H and O–H groups in total. The highest BCUT2D eigenvalue weighted by molar-refractivity contribution is 5.93. The van der Waals surface area contributed by atoms with E-state index in [-0.39, 0.29) is 56.5 Å². The molecule has 2 aromatic heterocycles. The van der Waals surface area contributed by atoms with Crippen LogP contribution in [0.4, 0.5) is 5.82 Å². The lowest BCUT2D eigenvalue weighted by Gasteiger charge is -2.24. The first-order valence-electron chi connectivity index (χ1n) is 14.6. The number of carbonyl (C=O) groups is 3. The number of ether oxygens (including phenoxy) is 2. The largest absolute Gasteiger partial charge is 0.388 e. The van der Waals surface area contributed by atoms with Crippen molar-refractivity contribution in [1.29, 1.82) is 0 Å². The molecule has 5 rings (SSSR count). The summed E-state index contributed by atoms with van der Waals surface area (Å²) in [6, 6.07) is 6.19. The van der Waals surface area contributed by atoms with Crippen LogP contribution in [0.25, 0.3) is 11.2 Å². The predicted octanol–water partition coefficient (Wildman–Crippen LogP) is -4.10. The molecule has 0 saturated carbocycles. The number of primary amides is 1. The van der Waals surface area contributed by atoms with Crippen molar-refractivity contribution >= 4 is 34.7 Å². The van der Waals surface area contributed by atoms with Gasteiger partial charge in [-0.25, -0.2) is 15.0 Å². The number of aromatic nitrogens is 4. The van der Waals surface area contributed by atoms with Gasteiger partial charge in [-0.1, -0.05) is 18.1 Å². The van der Waals surface area contributed by atoms with Gasteiger partial charge >= 0.3 is 0 Å². The third-order valence-electron chi connectivity index (χ3n) is 7.70. The number of amides is 3. The molecule has 6 unspecified atom stereocenters. The van der Waals surface area contributed by atoms with E-state index in [1.165, 1.54) is 18.5 Å². The Morgan fingerprint density at radius 1 is 1.06 bits per heavy atom. The van der Waals surface area contributed by atoms with Crippen molar-refractivity contribution in [1.82, 2.24) is 35.5 Å². The molecule has 2 aliphatic rings. The maximum atomic E-state index is 12.9. The first-order chi connectivity index (χ1) is 22.5. The summed E-state index contributed by atoms with van der Waals surface area (Å²) in [5, 5.41) is 46.1. The molecule has 3 amide bonds. The summed E-state index contributed by atoms with van der Waals surface area (Å²) in [7, 11) is 0. The van der Waals surface area contributed by atoms with E-state index >= 15 is 0 Å². The number of hydrogen-bond acceptors (Lipinski definition) is 14. The zero-order chi connectivity index (χ0) is 33.7. The minimum Gasteiger partial charge on any atom is -0.388 e. The van der Waals surface area contributed by atoms with Crippen LogP contribution in [0.3, 0.4) is 0 Å². The molecule has 3 aromatic rings. The van der Waals surface area contributed by atoms with Crippen LogP contribution in [0.2, 0.25) is 0 Å². The van der Waals surface area contributed by atoms with Crippen molar-refractivity contribution in [2.45, 2.75) is 42.7 Å². The second-order valence-corrected chi connectivity index (χ2v) is 11.1. The van der Waals surface area contributed by atoms with E-state index in [9.17, 15) is 34.8 Å². The lowest BCUT2D eigenvalue weighted by Crippen LogP contribution is -2.47. The number of fused-ring (bicyclic) bond motifs is 1. The van der Waals surface area contributed by atoms with Crippen LogP contribution >= 0.6 is 0 Å². The highest BCUT2D eigenvalue weighted by atomic mass is 16.5. The summed E-state index contributed by atoms with van der Waals surface area (Å²) in [6.07, 6.45) is -6.34. The second-order valence-electron chi connectivity index (χ2n) is 11.1. The number of aliphatic hydroxyl groups excluding tert-OH is 4. The van der Waals surface area contributed by atoms with Crippen molar-refractivity contribution in [3.8, 4) is 11.8 Å². The zero-order valence-corrected chi connectivity index (χ0v) is 24.9. The second kappa shape index (κ2) is 14.8. The van der Waals surface area contributed by atoms with Gasteiger partial charge in [-0.3, -0.25) is 19.3 Å². The Morgan fingerprint density at radius 2 is 1.87 bits per heavy atom. The minimum absolute atomic E-state index is 0.0262. The highest BCUT2D eigenvalue weighted by Gasteiger charge is 2.44. The normalized spacial score (nSPS) is 25.4. The van der Waals surface area contributed by atoms with Gasteiger partial charge in [0.15, 0.2) is 17.3 Å². The topological polar surface area (TPSA) is 284 Å². The standard InChI is InChI=1S/C29H35N9O9/c30-27-22-29(35-13-34-27)37-19(36-22)5-2-6-38(11-21(41)33-9-20(40)32-8-17-23(42)16(39)12-46-17)10-18-24(43)25(44)26(47-18)14-3-1-4-15(7-14)28(31)45/h1,3-4,7,13,16-18,23-26,39,42-44H,6,8-12H2,(H2,31,45)(H,32,40)(H,33,41)(H3,30,34,35,36,37)/t16?,17-,18?,23?,24?,25?,26?/m1/s1. The number of H-pyrrole nitrogens is 1. The van der Waals surface area contributed by atoms with Gasteiger partial charge < -0.3 is 57.0 Å². The molecule has 18 nitrogen and oxygen atoms in total. The molecule has 7 atom stereocenters. The van der Waals surface area contributed by atoms with Crippen LogP contribution in [0.1, 0.15) is 27.8 Å². The fraction of sp³-hybridized carbons (Fsp3) is 0.448. The highest BCUT2D eigenvalue weighted by Crippen LogP contribution is 2.34. The SMILES string of the molecule is NC(=O)c1cccc(C2OC(CN(CC#Cc3nc4ncnc(N)c4[nH]3)CC(=O)NCC(=O)NC[C@H]3OCC(O)C3O)C(O)C2O)c1. The Kier molecular flexibility index (Phi) is 10.6. The van der Waals surface area contributed by atoms with E-state index in [0.717, 1.165) is 0 Å². The molecule has 250 valence electrons. The molecule has 0 bridgehead atoms. The van der Waals surface area contributed by atoms with Crippen LogP contribution in [0.5, 0.6) is 0 Å². The third kappa shape index (κ3) is 8.16. The van der Waals surface area contributed by atoms with Crippen LogP contribution < -0.4 is 22.1 Å². The van der Waals surface area contributed by atoms with Crippen LogP contribution in [0.15, 0.2) is 30.6 Å². The van der Waals surface area contributed by atoms with E-state index in [1.54, 1.807) is 17.0 Å². The molecule has 0 aliphatic carbocycles. The molecule has 2 fully saturated rings. The quantitative estimate of drug-likeness (QED) is 0.0890. The van der Waals surface area contributed by atoms with Gasteiger partial charge in [0.05, 0.1) is 32.3 Å². The lowest BCUT2D eigenvalue weighted by molar-refractivity contribution is -0.127. The molecule has 0 spiro atoms. The summed E-state index contributed by atoms with van der Waals surface area (Å²) in [6.45, 7) is -0.854. The van der Waals surface area contributed by atoms with E-state index in [0.29, 0.717) is 16.7 Å². The number of nitrogens with zero attached hydrogens (tertiary/aromatic N) is 4. The summed E-state index contributed by atoms with van der Waals surface area (Å²) < 4.78 is 11.2. The molecule has 47 heavy (non-hydrogen) atoms. The molecular formula is C29H35N9O9. The lowest BCUT2D eigenvalue weighted by atomic mass is 9.99. The van der Waals surface area contributed by atoms with Crippen molar-refractivity contribution in [2.75, 3.05) is 45.1 Å². The van der Waals surface area contributed by atoms with Gasteiger partial charge in [0.1, 0.15) is 48.5 Å². The van der Waals surface area contributed by atoms with Gasteiger partial charge in [-0.15, -0.1) is 0 Å². The molecule has 2 saturated heterocycles. The molecule has 0 radical (unpaired) electrons. The Hall–Kier alpha value is -4.74. The molecule has 1 aromatic carbocycles. The van der Waals surface area contributed by atoms with Crippen LogP contribution in [0, 0.1) is 11.8 Å². The number of rotatable bonds is 11. The molecule has 18 heteroatoms. The Balaban J connectivity index is 1.24. The zero-order valence-electron chi connectivity index (χ0n) is 24.9. The predicted molar refractivity (Wildman–Crippen MR) is 162 cm³/mol. The van der Waals surface area contributed by atoms with Crippen LogP contribution in [-0.2, 0) is 19.1 Å². The number of anilines is 1. The van der Waals surface area contributed by atoms with Crippen molar-refractivity contribution in [2.24, 2.45) is 5.73 Å². The summed E-state index contributed by atoms with van der Waals surface area (Å²) >= 11 is 0. The maximum Gasteiger partial charge on any atom is 0.248 e. The number of nitrogen functional groups attached to an aromatic ring is 1. The Labute approximate surface area is 267 Å². The summed E-state index contributed by atoms with van der Waals surface area (Å²) in [5.74, 6) is 4.42. The summed E-state index contributed by atoms with van der Waals surface area (Å²) in [5.41, 5.74) is 12.6. The van der Waals surface area contributed by atoms with Crippen molar-refractivity contribution in [3.63, 3.8) is 0 Å². The number of aliphatic hydroxyl groups is 4. The van der Waals surface area contributed by atoms with E-state index in [2.05, 4.69) is 42.4 Å². The van der Waals surface area contributed by atoms with E-state index < -0.39 is 60.4 Å². The number of imidazole rings is 1. The Morgan fingerprint density at radius 3 is 2.60 bits per heavy atom. The number of carbonyl (C=O) groups excluding carboxylic acids is 3. The third-order valence-corrected chi connectivity index (χ3v) is 7.70. The van der Waals surface area contributed by atoms with Gasteiger partial charge in [0.2, 0.25) is 17.7 Å². The number of benzene rings is 1. The number of hydrogen-bond donors (Lipinski definition) is 9. The first-order valence-corrected chi connectivity index (χ1v) is 14.6. The fourth-order valence-electron chi connectivity index (χ4n) is 5.19. The number of nitrogens with one attached hydrogen (secondary N) is 3. The van der Waals surface area contributed by atoms with Gasteiger partial charge in [0.25, 0.3) is 0 Å². The van der Waals surface area contributed by atoms with Crippen LogP contribution in [-0.4, -0.2) is 139 Å². The first kappa shape index (κ1) is 33.6. The maximum absolute atomic E-state index is 12.9. The van der Waals surface area contributed by atoms with Gasteiger partial charge in [-0.05, 0) is 23.6 Å². The summed E-state index contributed by atoms with van der Waals surface area (Å²) in [4.78, 5) is 53.5. The smallest absolute Gasteiger partial charge is 0.248 e. The fourth-order valence-corrected chi connectivity index (χ4v) is 5.19. The molecule has 2 aliphatic heterocycles. The molecule has 4 heterocycles. The van der Waals surface area contributed by atoms with E-state index in [1.807, 2.05) is 0 Å². The molecular weight excluding hydrogens is 618 g/mol. The minimum atomic E-state index is -1.36. The van der Waals surface area contributed by atoms with Gasteiger partial charge in [0, 0.05) is 18.7 Å². The van der Waals surface area contributed by atoms with E-state index in [4.69, 9.17) is 20.9 Å².